The Morgan fingerprint density at radius 2 is 1.65 bits per heavy atom. The van der Waals surface area contributed by atoms with Crippen molar-refractivity contribution in [3.8, 4) is 0 Å². The van der Waals surface area contributed by atoms with Gasteiger partial charge in [0.15, 0.2) is 0 Å². The van der Waals surface area contributed by atoms with Gasteiger partial charge in [0.2, 0.25) is 15.1 Å². The standard InChI is InChI=1S/C16H16ClNO3S2/c1-11-3-9-15(10-4-11)23(20,21)18-12(2)16(19)22-14-7-5-13(17)6-8-14/h3-10,12,18H,1-2H3/t12-/m0/s1. The van der Waals surface area contributed by atoms with Gasteiger partial charge in [-0.25, -0.2) is 8.42 Å². The summed E-state index contributed by atoms with van der Waals surface area (Å²) >= 11 is 6.77. The van der Waals surface area contributed by atoms with Crippen molar-refractivity contribution in [1.82, 2.24) is 4.72 Å². The molecular formula is C16H16ClNO3S2. The molecule has 4 nitrogen and oxygen atoms in total. The number of thioether (sulfide) groups is 1. The van der Waals surface area contributed by atoms with Crippen LogP contribution in [0.3, 0.4) is 0 Å². The summed E-state index contributed by atoms with van der Waals surface area (Å²) in [6, 6.07) is 12.4. The summed E-state index contributed by atoms with van der Waals surface area (Å²) in [7, 11) is -3.73. The monoisotopic (exact) mass is 369 g/mol. The van der Waals surface area contributed by atoms with Gasteiger partial charge in [-0.2, -0.15) is 4.72 Å². The molecule has 7 heteroatoms. The Balaban J connectivity index is 2.05. The van der Waals surface area contributed by atoms with Crippen molar-refractivity contribution in [2.75, 3.05) is 0 Å². The largest absolute Gasteiger partial charge is 0.285 e. The van der Waals surface area contributed by atoms with Gasteiger partial charge in [0.25, 0.3) is 0 Å². The van der Waals surface area contributed by atoms with Gasteiger partial charge in [-0.05, 0) is 50.2 Å². The van der Waals surface area contributed by atoms with Crippen LogP contribution in [-0.2, 0) is 14.8 Å². The Hall–Kier alpha value is -1.34. The van der Waals surface area contributed by atoms with E-state index in [1.165, 1.54) is 19.1 Å². The minimum atomic E-state index is -3.73. The highest BCUT2D eigenvalue weighted by atomic mass is 35.5. The molecule has 2 aromatic rings. The molecule has 0 radical (unpaired) electrons. The van der Waals surface area contributed by atoms with E-state index in [2.05, 4.69) is 4.72 Å². The lowest BCUT2D eigenvalue weighted by atomic mass is 10.2. The number of benzene rings is 2. The maximum atomic E-state index is 12.3. The molecule has 0 bridgehead atoms. The zero-order valence-corrected chi connectivity index (χ0v) is 15.0. The summed E-state index contributed by atoms with van der Waals surface area (Å²) in [6.45, 7) is 3.40. The lowest BCUT2D eigenvalue weighted by Gasteiger charge is -2.13. The molecule has 0 fully saturated rings. The predicted molar refractivity (Wildman–Crippen MR) is 93.3 cm³/mol. The first-order valence-corrected chi connectivity index (χ1v) is 9.52. The number of carbonyl (C=O) groups excluding carboxylic acids is 1. The van der Waals surface area contributed by atoms with Crippen molar-refractivity contribution >= 4 is 38.5 Å². The van der Waals surface area contributed by atoms with E-state index in [0.717, 1.165) is 17.3 Å². The molecule has 0 aliphatic heterocycles. The van der Waals surface area contributed by atoms with E-state index in [4.69, 9.17) is 11.6 Å². The highest BCUT2D eigenvalue weighted by Gasteiger charge is 2.22. The van der Waals surface area contributed by atoms with Gasteiger partial charge < -0.3 is 0 Å². The molecule has 2 rings (SSSR count). The minimum absolute atomic E-state index is 0.138. The fraction of sp³-hybridized carbons (Fsp3) is 0.188. The molecule has 0 spiro atoms. The van der Waals surface area contributed by atoms with Crippen LogP contribution in [0.2, 0.25) is 5.02 Å². The zero-order valence-electron chi connectivity index (χ0n) is 12.6. The first-order chi connectivity index (χ1) is 10.8. The van der Waals surface area contributed by atoms with Crippen LogP contribution in [0.15, 0.2) is 58.3 Å². The summed E-state index contributed by atoms with van der Waals surface area (Å²) in [6.07, 6.45) is 0. The topological polar surface area (TPSA) is 63.2 Å². The van der Waals surface area contributed by atoms with E-state index in [9.17, 15) is 13.2 Å². The van der Waals surface area contributed by atoms with Crippen LogP contribution < -0.4 is 4.72 Å². The number of hydrogen-bond acceptors (Lipinski definition) is 4. The number of sulfonamides is 1. The molecule has 0 aliphatic rings. The van der Waals surface area contributed by atoms with Crippen LogP contribution in [0.25, 0.3) is 0 Å². The minimum Gasteiger partial charge on any atom is -0.285 e. The Bertz CT molecular complexity index is 787. The average molecular weight is 370 g/mol. The molecule has 1 N–H and O–H groups in total. The van der Waals surface area contributed by atoms with E-state index in [1.807, 2.05) is 6.92 Å². The number of carbonyl (C=O) groups is 1. The van der Waals surface area contributed by atoms with Gasteiger partial charge in [-0.1, -0.05) is 41.1 Å². The Kier molecular flexibility index (Phi) is 5.86. The number of hydrogen-bond donors (Lipinski definition) is 1. The van der Waals surface area contributed by atoms with E-state index in [1.54, 1.807) is 36.4 Å². The van der Waals surface area contributed by atoms with Gasteiger partial charge in [-0.15, -0.1) is 0 Å². The summed E-state index contributed by atoms with van der Waals surface area (Å²) in [5.74, 6) is 0. The average Bonchev–Trinajstić information content (AvgIpc) is 2.49. The van der Waals surface area contributed by atoms with Crippen LogP contribution in [-0.4, -0.2) is 19.6 Å². The van der Waals surface area contributed by atoms with Gasteiger partial charge >= 0.3 is 0 Å². The summed E-state index contributed by atoms with van der Waals surface area (Å²) in [5.41, 5.74) is 0.964. The first kappa shape index (κ1) is 18.0. The van der Waals surface area contributed by atoms with Gasteiger partial charge in [0.1, 0.15) is 0 Å². The Morgan fingerprint density at radius 1 is 1.09 bits per heavy atom. The van der Waals surface area contributed by atoms with Crippen LogP contribution in [0, 0.1) is 6.92 Å². The third kappa shape index (κ3) is 5.07. The SMILES string of the molecule is Cc1ccc(S(=O)(=O)N[C@@H](C)C(=O)Sc2ccc(Cl)cc2)cc1. The second kappa shape index (κ2) is 7.49. The molecule has 0 amide bonds. The molecule has 0 saturated heterocycles. The smallest absolute Gasteiger partial charge is 0.241 e. The lowest BCUT2D eigenvalue weighted by Crippen LogP contribution is -2.37. The fourth-order valence-corrected chi connectivity index (χ4v) is 3.92. The van der Waals surface area contributed by atoms with E-state index in [-0.39, 0.29) is 10.0 Å². The predicted octanol–water partition coefficient (Wildman–Crippen LogP) is 3.63. The Morgan fingerprint density at radius 3 is 2.22 bits per heavy atom. The highest BCUT2D eigenvalue weighted by Crippen LogP contribution is 2.22. The van der Waals surface area contributed by atoms with Crippen molar-refractivity contribution in [3.63, 3.8) is 0 Å². The van der Waals surface area contributed by atoms with Crippen molar-refractivity contribution in [2.45, 2.75) is 29.7 Å². The second-order valence-corrected chi connectivity index (χ2v) is 8.26. The lowest BCUT2D eigenvalue weighted by molar-refractivity contribution is -0.112. The molecule has 122 valence electrons. The van der Waals surface area contributed by atoms with E-state index >= 15 is 0 Å². The van der Waals surface area contributed by atoms with Crippen molar-refractivity contribution in [3.05, 3.63) is 59.1 Å². The fourth-order valence-electron chi connectivity index (χ4n) is 1.77. The molecule has 0 unspecified atom stereocenters. The Labute approximate surface area is 145 Å². The summed E-state index contributed by atoms with van der Waals surface area (Å²) < 4.78 is 26.9. The van der Waals surface area contributed by atoms with Crippen LogP contribution in [0.5, 0.6) is 0 Å². The summed E-state index contributed by atoms with van der Waals surface area (Å²) in [5, 5.41) is 0.290. The molecule has 1 atom stereocenters. The van der Waals surface area contributed by atoms with E-state index in [0.29, 0.717) is 9.92 Å². The number of nitrogens with one attached hydrogen (secondary N) is 1. The maximum absolute atomic E-state index is 12.3. The normalized spacial score (nSPS) is 12.8. The molecule has 0 saturated carbocycles. The number of aryl methyl sites for hydroxylation is 1. The quantitative estimate of drug-likeness (QED) is 0.817. The van der Waals surface area contributed by atoms with E-state index < -0.39 is 16.1 Å². The first-order valence-electron chi connectivity index (χ1n) is 6.84. The van der Waals surface area contributed by atoms with Crippen LogP contribution in [0.4, 0.5) is 0 Å². The van der Waals surface area contributed by atoms with Crippen molar-refractivity contribution < 1.29 is 13.2 Å². The molecule has 23 heavy (non-hydrogen) atoms. The summed E-state index contributed by atoms with van der Waals surface area (Å²) in [4.78, 5) is 13.0. The van der Waals surface area contributed by atoms with Crippen molar-refractivity contribution in [1.29, 1.82) is 0 Å². The maximum Gasteiger partial charge on any atom is 0.241 e. The second-order valence-electron chi connectivity index (χ2n) is 5.03. The van der Waals surface area contributed by atoms with Gasteiger partial charge in [0.05, 0.1) is 10.9 Å². The molecule has 2 aromatic carbocycles. The molecule has 0 heterocycles. The molecule has 0 aliphatic carbocycles. The number of halogens is 1. The number of rotatable bonds is 5. The zero-order chi connectivity index (χ0) is 17.0. The highest BCUT2D eigenvalue weighted by molar-refractivity contribution is 8.13. The third-order valence-corrected chi connectivity index (χ3v) is 5.92. The van der Waals surface area contributed by atoms with Crippen molar-refractivity contribution in [2.24, 2.45) is 0 Å². The van der Waals surface area contributed by atoms with Crippen LogP contribution in [0.1, 0.15) is 12.5 Å². The van der Waals surface area contributed by atoms with Gasteiger partial charge in [0, 0.05) is 9.92 Å². The van der Waals surface area contributed by atoms with Crippen LogP contribution >= 0.6 is 23.4 Å². The third-order valence-electron chi connectivity index (χ3n) is 3.05. The molecule has 0 aromatic heterocycles. The molecular weight excluding hydrogens is 354 g/mol. The van der Waals surface area contributed by atoms with Gasteiger partial charge in [-0.3, -0.25) is 4.79 Å².